The number of nitrogens with zero attached hydrogens (tertiary/aromatic N) is 1. The molecule has 0 aromatic carbocycles. The minimum absolute atomic E-state index is 0.110. The van der Waals surface area contributed by atoms with Gasteiger partial charge in [0.05, 0.1) is 12.1 Å². The monoisotopic (exact) mass is 195 g/mol. The third kappa shape index (κ3) is 1.10. The predicted octanol–water partition coefficient (Wildman–Crippen LogP) is 0.477. The number of hydrogen-bond acceptors (Lipinski definition) is 3. The van der Waals surface area contributed by atoms with Gasteiger partial charge in [0.25, 0.3) is 11.8 Å². The van der Waals surface area contributed by atoms with Gasteiger partial charge in [0.2, 0.25) is 0 Å². The van der Waals surface area contributed by atoms with Gasteiger partial charge in [0, 0.05) is 12.2 Å². The molecule has 0 spiro atoms. The Bertz CT molecular complexity index is 318. The number of carbonyl (C=O) groups is 2. The Balaban J connectivity index is 2.17. The second-order valence-electron chi connectivity index (χ2n) is 4.00. The largest absolute Gasteiger partial charge is 0.364 e. The van der Waals surface area contributed by atoms with Gasteiger partial charge in [0.1, 0.15) is 5.60 Å². The molecule has 0 aromatic heterocycles. The Kier molecular flexibility index (Phi) is 1.79. The van der Waals surface area contributed by atoms with Gasteiger partial charge in [-0.2, -0.15) is 0 Å². The summed E-state index contributed by atoms with van der Waals surface area (Å²) in [7, 11) is 0. The van der Waals surface area contributed by atoms with Crippen LogP contribution in [-0.2, 0) is 14.3 Å². The zero-order valence-corrected chi connectivity index (χ0v) is 8.48. The molecule has 14 heavy (non-hydrogen) atoms. The topological polar surface area (TPSA) is 49.9 Å². The first-order valence-electron chi connectivity index (χ1n) is 4.70. The van der Waals surface area contributed by atoms with Crippen LogP contribution in [-0.4, -0.2) is 34.5 Å². The summed E-state index contributed by atoms with van der Waals surface area (Å²) in [6, 6.07) is -0.201. The quantitative estimate of drug-likeness (QED) is 0.475. The van der Waals surface area contributed by atoms with Crippen molar-refractivity contribution < 1.29 is 14.3 Å². The third-order valence-corrected chi connectivity index (χ3v) is 3.24. The van der Waals surface area contributed by atoms with Crippen LogP contribution in [0.2, 0.25) is 0 Å². The van der Waals surface area contributed by atoms with Crippen molar-refractivity contribution in [2.45, 2.75) is 38.5 Å². The molecule has 2 aliphatic heterocycles. The standard InChI is InChI=1S/C10H13NO3/c1-6(10(3)7(2)14-10)11-8(12)4-5-9(11)13/h4-7H,1-3H3. The van der Waals surface area contributed by atoms with E-state index in [0.29, 0.717) is 0 Å². The number of hydrogen-bond donors (Lipinski definition) is 0. The average molecular weight is 195 g/mol. The van der Waals surface area contributed by atoms with Crippen LogP contribution in [0.4, 0.5) is 0 Å². The van der Waals surface area contributed by atoms with Crippen molar-refractivity contribution in [1.29, 1.82) is 0 Å². The molecule has 76 valence electrons. The van der Waals surface area contributed by atoms with E-state index in [-0.39, 0.29) is 29.6 Å². The molecule has 4 heteroatoms. The summed E-state index contributed by atoms with van der Waals surface area (Å²) >= 11 is 0. The molecule has 0 bridgehead atoms. The number of epoxide rings is 1. The second-order valence-corrected chi connectivity index (χ2v) is 4.00. The molecule has 0 aliphatic carbocycles. The number of carbonyl (C=O) groups excluding carboxylic acids is 2. The van der Waals surface area contributed by atoms with Crippen LogP contribution >= 0.6 is 0 Å². The van der Waals surface area contributed by atoms with E-state index in [9.17, 15) is 9.59 Å². The minimum Gasteiger partial charge on any atom is -0.364 e. The van der Waals surface area contributed by atoms with Crippen molar-refractivity contribution in [2.24, 2.45) is 0 Å². The zero-order valence-electron chi connectivity index (χ0n) is 8.48. The fourth-order valence-electron chi connectivity index (χ4n) is 1.83. The van der Waals surface area contributed by atoms with Crippen LogP contribution in [0, 0.1) is 0 Å². The molecule has 2 heterocycles. The first kappa shape index (κ1) is 9.40. The normalized spacial score (nSPS) is 37.9. The first-order chi connectivity index (χ1) is 6.47. The van der Waals surface area contributed by atoms with Crippen molar-refractivity contribution in [3.63, 3.8) is 0 Å². The Labute approximate surface area is 82.5 Å². The van der Waals surface area contributed by atoms with Gasteiger partial charge in [-0.1, -0.05) is 0 Å². The predicted molar refractivity (Wildman–Crippen MR) is 49.4 cm³/mol. The van der Waals surface area contributed by atoms with Gasteiger partial charge in [-0.25, -0.2) is 0 Å². The second kappa shape index (κ2) is 2.67. The van der Waals surface area contributed by atoms with Gasteiger partial charge >= 0.3 is 0 Å². The number of imide groups is 1. The SMILES string of the molecule is CC1OC1(C)C(C)N1C(=O)C=CC1=O. The summed E-state index contributed by atoms with van der Waals surface area (Å²) in [5, 5.41) is 0. The van der Waals surface area contributed by atoms with E-state index in [2.05, 4.69) is 0 Å². The van der Waals surface area contributed by atoms with E-state index in [1.807, 2.05) is 20.8 Å². The number of ether oxygens (including phenoxy) is 1. The fourth-order valence-corrected chi connectivity index (χ4v) is 1.83. The third-order valence-electron chi connectivity index (χ3n) is 3.24. The van der Waals surface area contributed by atoms with Crippen molar-refractivity contribution in [3.05, 3.63) is 12.2 Å². The van der Waals surface area contributed by atoms with Gasteiger partial charge in [0.15, 0.2) is 0 Å². The summed E-state index contributed by atoms with van der Waals surface area (Å²) in [5.41, 5.74) is -0.364. The molecule has 1 saturated heterocycles. The summed E-state index contributed by atoms with van der Waals surface area (Å²) in [6.07, 6.45) is 2.71. The minimum atomic E-state index is -0.364. The number of amides is 2. The maximum absolute atomic E-state index is 11.4. The van der Waals surface area contributed by atoms with Crippen molar-refractivity contribution in [2.75, 3.05) is 0 Å². The summed E-state index contributed by atoms with van der Waals surface area (Å²) < 4.78 is 5.40. The molecular formula is C10H13NO3. The van der Waals surface area contributed by atoms with E-state index in [0.717, 1.165) is 0 Å². The highest BCUT2D eigenvalue weighted by Crippen LogP contribution is 2.41. The molecule has 0 saturated carbocycles. The lowest BCUT2D eigenvalue weighted by Gasteiger charge is -2.25. The molecule has 0 radical (unpaired) electrons. The van der Waals surface area contributed by atoms with Gasteiger partial charge in [-0.05, 0) is 20.8 Å². The summed E-state index contributed by atoms with van der Waals surface area (Å²) in [6.45, 7) is 5.70. The van der Waals surface area contributed by atoms with Crippen LogP contribution in [0.3, 0.4) is 0 Å². The maximum Gasteiger partial charge on any atom is 0.253 e. The molecule has 3 atom stereocenters. The van der Waals surface area contributed by atoms with Crippen molar-refractivity contribution in [3.8, 4) is 0 Å². The number of rotatable bonds is 2. The highest BCUT2D eigenvalue weighted by Gasteiger charge is 2.56. The van der Waals surface area contributed by atoms with Gasteiger partial charge < -0.3 is 4.74 Å². The van der Waals surface area contributed by atoms with E-state index >= 15 is 0 Å². The summed E-state index contributed by atoms with van der Waals surface area (Å²) in [4.78, 5) is 24.0. The molecule has 0 N–H and O–H groups in total. The van der Waals surface area contributed by atoms with E-state index in [4.69, 9.17) is 4.74 Å². The van der Waals surface area contributed by atoms with Crippen LogP contribution in [0.5, 0.6) is 0 Å². The fraction of sp³-hybridized carbons (Fsp3) is 0.600. The lowest BCUT2D eigenvalue weighted by molar-refractivity contribution is -0.140. The lowest BCUT2D eigenvalue weighted by atomic mass is 9.99. The summed E-state index contributed by atoms with van der Waals surface area (Å²) in [5.74, 6) is -0.488. The molecular weight excluding hydrogens is 182 g/mol. The molecule has 2 amide bonds. The van der Waals surface area contributed by atoms with Crippen LogP contribution in [0.25, 0.3) is 0 Å². The first-order valence-corrected chi connectivity index (χ1v) is 4.70. The molecule has 4 nitrogen and oxygen atoms in total. The highest BCUT2D eigenvalue weighted by atomic mass is 16.6. The lowest BCUT2D eigenvalue weighted by Crippen LogP contribution is -2.46. The van der Waals surface area contributed by atoms with E-state index in [1.165, 1.54) is 17.1 Å². The molecule has 1 fully saturated rings. The van der Waals surface area contributed by atoms with Gasteiger partial charge in [-0.15, -0.1) is 0 Å². The molecule has 2 aliphatic rings. The Morgan fingerprint density at radius 3 is 2.21 bits per heavy atom. The Morgan fingerprint density at radius 2 is 1.86 bits per heavy atom. The average Bonchev–Trinajstić information content (AvgIpc) is 2.58. The Hall–Kier alpha value is -1.16. The molecule has 2 rings (SSSR count). The van der Waals surface area contributed by atoms with Crippen LogP contribution < -0.4 is 0 Å². The highest BCUT2D eigenvalue weighted by molar-refractivity contribution is 6.13. The van der Waals surface area contributed by atoms with Crippen LogP contribution in [0.15, 0.2) is 12.2 Å². The van der Waals surface area contributed by atoms with Crippen molar-refractivity contribution >= 4 is 11.8 Å². The molecule has 0 aromatic rings. The van der Waals surface area contributed by atoms with E-state index in [1.54, 1.807) is 0 Å². The van der Waals surface area contributed by atoms with Crippen molar-refractivity contribution in [1.82, 2.24) is 4.90 Å². The van der Waals surface area contributed by atoms with Gasteiger partial charge in [-0.3, -0.25) is 14.5 Å². The molecule has 3 unspecified atom stereocenters. The zero-order chi connectivity index (χ0) is 10.5. The Morgan fingerprint density at radius 1 is 1.43 bits per heavy atom. The van der Waals surface area contributed by atoms with Crippen LogP contribution in [0.1, 0.15) is 20.8 Å². The maximum atomic E-state index is 11.4. The van der Waals surface area contributed by atoms with E-state index < -0.39 is 0 Å². The smallest absolute Gasteiger partial charge is 0.253 e.